The lowest BCUT2D eigenvalue weighted by Crippen LogP contribution is -2.69. The van der Waals surface area contributed by atoms with Gasteiger partial charge in [0.2, 0.25) is 0 Å². The van der Waals surface area contributed by atoms with E-state index in [0.29, 0.717) is 40.7 Å². The molecule has 5 heterocycles. The van der Waals surface area contributed by atoms with E-state index >= 15 is 0 Å². The third-order valence-corrected chi connectivity index (χ3v) is 12.5. The van der Waals surface area contributed by atoms with Crippen LogP contribution in [0.15, 0.2) is 140 Å². The lowest BCUT2D eigenvalue weighted by molar-refractivity contribution is 0.292. The first-order valence-corrected chi connectivity index (χ1v) is 17.5. The van der Waals surface area contributed by atoms with Crippen LogP contribution in [0.2, 0.25) is 6.55 Å². The number of hydrogen-bond donors (Lipinski definition) is 2. The second kappa shape index (κ2) is 9.01. The Bertz CT molecular complexity index is 2070. The normalized spacial score (nSPS) is 32.5. The van der Waals surface area contributed by atoms with Crippen molar-refractivity contribution in [2.75, 3.05) is 0 Å². The van der Waals surface area contributed by atoms with E-state index < -0.39 is 20.2 Å². The minimum absolute atomic E-state index is 0.117. The lowest BCUT2D eigenvalue weighted by atomic mass is 9.75. The molecular formula is C35H30N8OSi. The largest absolute Gasteiger partial charge is 0.422 e. The highest BCUT2D eigenvalue weighted by atomic mass is 28.4. The van der Waals surface area contributed by atoms with Gasteiger partial charge in [-0.25, -0.2) is 25.0 Å². The van der Waals surface area contributed by atoms with Crippen molar-refractivity contribution in [1.82, 2.24) is 9.13 Å². The van der Waals surface area contributed by atoms with Crippen molar-refractivity contribution in [3.8, 4) is 0 Å². The van der Waals surface area contributed by atoms with E-state index in [1.165, 1.54) is 0 Å². The first kappa shape index (κ1) is 26.4. The molecular weight excluding hydrogens is 577 g/mol. The molecule has 45 heavy (non-hydrogen) atoms. The molecule has 0 fully saturated rings. The first-order chi connectivity index (χ1) is 21.8. The summed E-state index contributed by atoms with van der Waals surface area (Å²) in [6.07, 6.45) is 15.9. The highest BCUT2D eigenvalue weighted by Crippen LogP contribution is 2.47. The molecule has 0 saturated carbocycles. The summed E-state index contributed by atoms with van der Waals surface area (Å²) in [6, 6.07) is 16.0. The number of aliphatic imine (C=N–C) groups is 5. The van der Waals surface area contributed by atoms with Crippen molar-refractivity contribution in [2.45, 2.75) is 19.6 Å². The highest BCUT2D eigenvalue weighted by Gasteiger charge is 2.58. The van der Waals surface area contributed by atoms with Crippen LogP contribution in [0.1, 0.15) is 29.2 Å². The van der Waals surface area contributed by atoms with Crippen LogP contribution in [0, 0.1) is 17.3 Å². The second-order valence-corrected chi connectivity index (χ2v) is 15.3. The Morgan fingerprint density at radius 1 is 0.911 bits per heavy atom. The molecule has 5 atom stereocenters. The molecule has 9 nitrogen and oxygen atoms in total. The molecule has 2 aromatic carbocycles. The Labute approximate surface area is 261 Å². The van der Waals surface area contributed by atoms with E-state index in [0.717, 1.165) is 27.8 Å². The van der Waals surface area contributed by atoms with Crippen molar-refractivity contribution in [1.29, 1.82) is 0 Å². The Morgan fingerprint density at radius 2 is 1.64 bits per heavy atom. The number of hydrogen-bond acceptors (Lipinski definition) is 8. The van der Waals surface area contributed by atoms with Crippen LogP contribution in [0.3, 0.4) is 0 Å². The summed E-state index contributed by atoms with van der Waals surface area (Å²) in [7, 11) is -3.81. The van der Waals surface area contributed by atoms with Gasteiger partial charge < -0.3 is 15.1 Å². The Hall–Kier alpha value is -5.03. The van der Waals surface area contributed by atoms with Gasteiger partial charge in [-0.1, -0.05) is 104 Å². The summed E-state index contributed by atoms with van der Waals surface area (Å²) >= 11 is 0. The van der Waals surface area contributed by atoms with Crippen LogP contribution in [0.5, 0.6) is 0 Å². The van der Waals surface area contributed by atoms with Gasteiger partial charge >= 0.3 is 8.64 Å². The summed E-state index contributed by atoms with van der Waals surface area (Å²) in [5, 5.41) is 0. The number of nitrogens with zero attached hydrogens (tertiary/aromatic N) is 7. The van der Waals surface area contributed by atoms with Crippen LogP contribution in [-0.2, 0) is 0 Å². The fraction of sp³-hybridized carbons (Fsp3) is 0.171. The van der Waals surface area contributed by atoms with Crippen LogP contribution in [0.4, 0.5) is 0 Å². The molecule has 5 unspecified atom stereocenters. The smallest absolute Gasteiger partial charge is 0.399 e. The first-order valence-electron chi connectivity index (χ1n) is 15.1. The van der Waals surface area contributed by atoms with Crippen LogP contribution >= 0.6 is 0 Å². The number of amidine groups is 5. The maximum Gasteiger partial charge on any atom is 0.422 e. The molecule has 5 aliphatic heterocycles. The lowest BCUT2D eigenvalue weighted by Gasteiger charge is -2.43. The topological polar surface area (TPSA) is 115 Å². The Morgan fingerprint density at radius 3 is 2.47 bits per heavy atom. The molecule has 7 aliphatic rings. The van der Waals surface area contributed by atoms with E-state index in [1.54, 1.807) is 0 Å². The zero-order chi connectivity index (χ0) is 30.7. The second-order valence-electron chi connectivity index (χ2n) is 12.5. The van der Waals surface area contributed by atoms with E-state index in [-0.39, 0.29) is 11.8 Å². The summed E-state index contributed by atoms with van der Waals surface area (Å²) in [4.78, 5) is 38.8. The van der Waals surface area contributed by atoms with Gasteiger partial charge in [0.05, 0.1) is 23.2 Å². The van der Waals surface area contributed by atoms with Crippen molar-refractivity contribution in [3.63, 3.8) is 0 Å². The predicted molar refractivity (Wildman–Crippen MR) is 181 cm³/mol. The van der Waals surface area contributed by atoms with Gasteiger partial charge in [0, 0.05) is 33.7 Å². The standard InChI is InChI=1S/C35H30N8OSi/c1-20-21-12-4-6-14-23(21)29(37-20)38-32-25-16-8-9-17-26(25)33-41-34-35(2)19-11-10-18-27(35)30(40-34)39-31-24-15-7-5-13-22(24)28(36)42(31)45(3,44)43(32)33/h4-19,22,27-28,44H,1,36H2,2-3H3. The summed E-state index contributed by atoms with van der Waals surface area (Å²) in [5.74, 6) is 3.37. The molecule has 2 aromatic rings. The summed E-state index contributed by atoms with van der Waals surface area (Å²) in [6.45, 7) is 8.19. The molecule has 9 rings (SSSR count). The third kappa shape index (κ3) is 3.47. The molecule has 0 radical (unpaired) electrons. The van der Waals surface area contributed by atoms with Crippen molar-refractivity contribution < 1.29 is 4.80 Å². The molecule has 3 N–H and O–H groups in total. The van der Waals surface area contributed by atoms with Crippen molar-refractivity contribution >= 4 is 43.5 Å². The van der Waals surface area contributed by atoms with Gasteiger partial charge in [-0.2, -0.15) is 0 Å². The SMILES string of the molecule is C=C1N=C(N=C2c3ccccc3C3=NC4=NC(=NC5=C6C=CC=CC6C(N)N5[Si](C)(O)N23)C2C=CC=CC42C)c2ccccc21. The molecule has 2 bridgehead atoms. The predicted octanol–water partition coefficient (Wildman–Crippen LogP) is 4.61. The average molecular weight is 607 g/mol. The van der Waals surface area contributed by atoms with E-state index in [2.05, 4.69) is 31.7 Å². The maximum atomic E-state index is 13.1. The number of allylic oxidation sites excluding steroid dienone is 5. The fourth-order valence-corrected chi connectivity index (χ4v) is 10.1. The average Bonchev–Trinajstić information content (AvgIpc) is 3.72. The van der Waals surface area contributed by atoms with E-state index in [9.17, 15) is 4.80 Å². The van der Waals surface area contributed by atoms with Gasteiger partial charge in [0.1, 0.15) is 29.2 Å². The zero-order valence-electron chi connectivity index (χ0n) is 24.8. The molecule has 0 spiro atoms. The number of rotatable bonds is 0. The monoisotopic (exact) mass is 606 g/mol. The minimum atomic E-state index is -3.81. The van der Waals surface area contributed by atoms with Crippen LogP contribution in [-0.4, -0.2) is 57.9 Å². The molecule has 220 valence electrons. The molecule has 10 heteroatoms. The molecule has 2 aliphatic carbocycles. The molecule has 0 amide bonds. The van der Waals surface area contributed by atoms with Gasteiger partial charge in [0.15, 0.2) is 5.84 Å². The van der Waals surface area contributed by atoms with Crippen molar-refractivity contribution in [2.24, 2.45) is 47.9 Å². The van der Waals surface area contributed by atoms with E-state index in [1.807, 2.05) is 94.6 Å². The van der Waals surface area contributed by atoms with E-state index in [4.69, 9.17) is 30.7 Å². The Kier molecular flexibility index (Phi) is 5.28. The van der Waals surface area contributed by atoms with Gasteiger partial charge in [-0.15, -0.1) is 0 Å². The number of nitrogens with two attached hydrogens (primary N) is 1. The fourth-order valence-electron chi connectivity index (χ4n) is 7.48. The van der Waals surface area contributed by atoms with Gasteiger partial charge in [-0.05, 0) is 13.5 Å². The van der Waals surface area contributed by atoms with Crippen LogP contribution in [0.25, 0.3) is 5.70 Å². The Balaban J connectivity index is 1.34. The van der Waals surface area contributed by atoms with Crippen molar-refractivity contribution in [3.05, 3.63) is 137 Å². The summed E-state index contributed by atoms with van der Waals surface area (Å²) < 4.78 is 3.84. The van der Waals surface area contributed by atoms with Gasteiger partial charge in [0.25, 0.3) is 0 Å². The third-order valence-electron chi connectivity index (χ3n) is 9.78. The molecule has 0 saturated heterocycles. The summed E-state index contributed by atoms with van der Waals surface area (Å²) in [5.41, 5.74) is 11.7. The number of benzene rings is 2. The van der Waals surface area contributed by atoms with Crippen LogP contribution < -0.4 is 5.73 Å². The molecule has 0 aromatic heterocycles. The zero-order valence-corrected chi connectivity index (χ0v) is 25.8. The van der Waals surface area contributed by atoms with Gasteiger partial charge in [-0.3, -0.25) is 4.57 Å². The minimum Gasteiger partial charge on any atom is -0.399 e. The maximum absolute atomic E-state index is 13.1. The number of fused-ring (bicyclic) bond motifs is 10. The highest BCUT2D eigenvalue weighted by molar-refractivity contribution is 6.74. The quantitative estimate of drug-likeness (QED) is 0.426.